The summed E-state index contributed by atoms with van der Waals surface area (Å²) < 4.78 is 5.12. The molecule has 2 N–H and O–H groups in total. The van der Waals surface area contributed by atoms with Gasteiger partial charge in [0.1, 0.15) is 5.69 Å². The number of carbonyl (C=O) groups is 2. The third-order valence-corrected chi connectivity index (χ3v) is 3.81. The van der Waals surface area contributed by atoms with Gasteiger partial charge in [0.2, 0.25) is 0 Å². The first-order valence-electron chi connectivity index (χ1n) is 6.14. The van der Waals surface area contributed by atoms with Crippen LogP contribution >= 0.6 is 11.5 Å². The fraction of sp³-hybridized carbons (Fsp3) is 0. The number of carbonyl (C=O) groups excluding carboxylic acids is 1. The summed E-state index contributed by atoms with van der Waals surface area (Å²) in [6, 6.07) is 13.5. The highest BCUT2D eigenvalue weighted by Gasteiger charge is 2.14. The molecule has 0 bridgehead atoms. The van der Waals surface area contributed by atoms with Crippen molar-refractivity contribution < 1.29 is 14.7 Å². The highest BCUT2D eigenvalue weighted by molar-refractivity contribution is 7.13. The predicted molar refractivity (Wildman–Crippen MR) is 81.0 cm³/mol. The van der Waals surface area contributed by atoms with E-state index in [-0.39, 0.29) is 11.5 Å². The molecule has 3 aromatic rings. The van der Waals surface area contributed by atoms with Crippen LogP contribution in [0.4, 0.5) is 5.69 Å². The number of rotatable bonds is 3. The first kappa shape index (κ1) is 13.3. The Hall–Kier alpha value is -2.73. The second-order valence-electron chi connectivity index (χ2n) is 4.36. The second kappa shape index (κ2) is 5.34. The molecule has 0 radical (unpaired) electrons. The van der Waals surface area contributed by atoms with Gasteiger partial charge in [-0.2, -0.15) is 4.37 Å². The summed E-state index contributed by atoms with van der Waals surface area (Å²) in [4.78, 5) is 23.0. The minimum Gasteiger partial charge on any atom is -0.478 e. The fourth-order valence-electron chi connectivity index (χ4n) is 1.94. The van der Waals surface area contributed by atoms with Crippen molar-refractivity contribution in [3.05, 3.63) is 59.8 Å². The van der Waals surface area contributed by atoms with E-state index in [4.69, 9.17) is 5.11 Å². The second-order valence-corrected chi connectivity index (χ2v) is 5.17. The van der Waals surface area contributed by atoms with Crippen LogP contribution in [0.15, 0.2) is 48.5 Å². The zero-order valence-electron chi connectivity index (χ0n) is 10.7. The number of hydrogen-bond donors (Lipinski definition) is 2. The molecule has 5 nitrogen and oxygen atoms in total. The minimum absolute atomic E-state index is 0.173. The smallest absolute Gasteiger partial charge is 0.335 e. The number of carboxylic acid groups (broad SMARTS) is 1. The fourth-order valence-corrected chi connectivity index (χ4v) is 2.71. The van der Waals surface area contributed by atoms with E-state index >= 15 is 0 Å². The summed E-state index contributed by atoms with van der Waals surface area (Å²) in [5.74, 6) is -1.31. The van der Waals surface area contributed by atoms with Crippen LogP contribution in [0.5, 0.6) is 0 Å². The summed E-state index contributed by atoms with van der Waals surface area (Å²) in [5.41, 5.74) is 1.08. The molecule has 2 aromatic carbocycles. The third kappa shape index (κ3) is 2.61. The topological polar surface area (TPSA) is 79.3 Å². The number of amides is 1. The van der Waals surface area contributed by atoms with Crippen molar-refractivity contribution in [3.8, 4) is 0 Å². The molecule has 0 saturated carbocycles. The number of benzene rings is 2. The molecular formula is C15H10N2O3S. The number of carboxylic acids is 1. The molecule has 6 heteroatoms. The SMILES string of the molecule is O=C(O)c1ccc(NC(=O)c2nsc3ccccc23)cc1. The van der Waals surface area contributed by atoms with Crippen LogP contribution in [0.25, 0.3) is 10.1 Å². The Balaban J connectivity index is 1.84. The van der Waals surface area contributed by atoms with Gasteiger partial charge in [-0.3, -0.25) is 4.79 Å². The van der Waals surface area contributed by atoms with Crippen LogP contribution in [0.3, 0.4) is 0 Å². The van der Waals surface area contributed by atoms with Crippen LogP contribution in [0.1, 0.15) is 20.8 Å². The highest BCUT2D eigenvalue weighted by Crippen LogP contribution is 2.23. The van der Waals surface area contributed by atoms with Crippen molar-refractivity contribution in [1.29, 1.82) is 0 Å². The molecule has 0 aliphatic rings. The van der Waals surface area contributed by atoms with Gasteiger partial charge in [0.25, 0.3) is 5.91 Å². The number of fused-ring (bicyclic) bond motifs is 1. The Kier molecular flexibility index (Phi) is 3.37. The molecule has 1 amide bonds. The van der Waals surface area contributed by atoms with Crippen molar-refractivity contribution in [2.75, 3.05) is 5.32 Å². The Morgan fingerprint density at radius 1 is 1.05 bits per heavy atom. The van der Waals surface area contributed by atoms with Gasteiger partial charge in [-0.1, -0.05) is 18.2 Å². The van der Waals surface area contributed by atoms with Gasteiger partial charge in [-0.15, -0.1) is 0 Å². The summed E-state index contributed by atoms with van der Waals surface area (Å²) in [7, 11) is 0. The average molecular weight is 298 g/mol. The maximum absolute atomic E-state index is 12.2. The molecule has 1 heterocycles. The zero-order chi connectivity index (χ0) is 14.8. The summed E-state index contributed by atoms with van der Waals surface area (Å²) in [6.07, 6.45) is 0. The lowest BCUT2D eigenvalue weighted by molar-refractivity contribution is 0.0696. The van der Waals surface area contributed by atoms with E-state index < -0.39 is 5.97 Å². The van der Waals surface area contributed by atoms with E-state index in [1.54, 1.807) is 12.1 Å². The van der Waals surface area contributed by atoms with Gasteiger partial charge in [0, 0.05) is 11.1 Å². The van der Waals surface area contributed by atoms with Crippen LogP contribution in [-0.4, -0.2) is 21.4 Å². The quantitative estimate of drug-likeness (QED) is 0.778. The number of nitrogens with zero attached hydrogens (tertiary/aromatic N) is 1. The van der Waals surface area contributed by atoms with E-state index in [2.05, 4.69) is 9.69 Å². The summed E-state index contributed by atoms with van der Waals surface area (Å²) in [6.45, 7) is 0. The minimum atomic E-state index is -1.00. The van der Waals surface area contributed by atoms with Gasteiger partial charge in [0.05, 0.1) is 10.3 Å². The summed E-state index contributed by atoms with van der Waals surface area (Å²) >= 11 is 1.27. The Bertz CT molecular complexity index is 824. The number of hydrogen-bond acceptors (Lipinski definition) is 4. The molecule has 0 saturated heterocycles. The molecular weight excluding hydrogens is 288 g/mol. The maximum Gasteiger partial charge on any atom is 0.335 e. The molecule has 0 aliphatic carbocycles. The van der Waals surface area contributed by atoms with E-state index in [9.17, 15) is 9.59 Å². The monoisotopic (exact) mass is 298 g/mol. The number of aromatic carboxylic acids is 1. The lowest BCUT2D eigenvalue weighted by Gasteiger charge is -2.04. The van der Waals surface area contributed by atoms with Crippen molar-refractivity contribution in [3.63, 3.8) is 0 Å². The standard InChI is InChI=1S/C15H10N2O3S/c18-14(13-11-3-1-2-4-12(11)21-17-13)16-10-7-5-9(6-8-10)15(19)20/h1-8H,(H,16,18)(H,19,20). The van der Waals surface area contributed by atoms with E-state index in [0.29, 0.717) is 11.4 Å². The Morgan fingerprint density at radius 3 is 2.48 bits per heavy atom. The third-order valence-electron chi connectivity index (χ3n) is 2.98. The predicted octanol–water partition coefficient (Wildman–Crippen LogP) is 3.25. The molecule has 21 heavy (non-hydrogen) atoms. The Labute approximate surface area is 124 Å². The Morgan fingerprint density at radius 2 is 1.76 bits per heavy atom. The molecule has 0 aliphatic heterocycles. The maximum atomic E-state index is 12.2. The number of anilines is 1. The van der Waals surface area contributed by atoms with Crippen LogP contribution in [-0.2, 0) is 0 Å². The zero-order valence-corrected chi connectivity index (χ0v) is 11.6. The first-order chi connectivity index (χ1) is 10.1. The van der Waals surface area contributed by atoms with E-state index in [1.807, 2.05) is 24.3 Å². The largest absolute Gasteiger partial charge is 0.478 e. The van der Waals surface area contributed by atoms with Gasteiger partial charge >= 0.3 is 5.97 Å². The van der Waals surface area contributed by atoms with Crippen LogP contribution in [0.2, 0.25) is 0 Å². The average Bonchev–Trinajstić information content (AvgIpc) is 2.92. The lowest BCUT2D eigenvalue weighted by atomic mass is 10.2. The highest BCUT2D eigenvalue weighted by atomic mass is 32.1. The summed E-state index contributed by atoms with van der Waals surface area (Å²) in [5, 5.41) is 12.4. The molecule has 0 atom stereocenters. The van der Waals surface area contributed by atoms with Gasteiger partial charge in [-0.25, -0.2) is 4.79 Å². The van der Waals surface area contributed by atoms with Gasteiger partial charge in [-0.05, 0) is 41.9 Å². The molecule has 1 aromatic heterocycles. The van der Waals surface area contributed by atoms with Crippen molar-refractivity contribution in [2.24, 2.45) is 0 Å². The van der Waals surface area contributed by atoms with Gasteiger partial charge < -0.3 is 10.4 Å². The molecule has 0 unspecified atom stereocenters. The first-order valence-corrected chi connectivity index (χ1v) is 6.91. The normalized spacial score (nSPS) is 10.5. The van der Waals surface area contributed by atoms with Crippen molar-refractivity contribution >= 4 is 39.2 Å². The number of nitrogens with one attached hydrogen (secondary N) is 1. The van der Waals surface area contributed by atoms with Crippen molar-refractivity contribution in [1.82, 2.24) is 4.37 Å². The molecule has 104 valence electrons. The number of aromatic nitrogens is 1. The molecule has 0 spiro atoms. The van der Waals surface area contributed by atoms with Crippen LogP contribution in [0, 0.1) is 0 Å². The molecule has 0 fully saturated rings. The molecule has 3 rings (SSSR count). The van der Waals surface area contributed by atoms with Gasteiger partial charge in [0.15, 0.2) is 0 Å². The van der Waals surface area contributed by atoms with Crippen molar-refractivity contribution in [2.45, 2.75) is 0 Å². The van der Waals surface area contributed by atoms with E-state index in [1.165, 1.54) is 23.7 Å². The lowest BCUT2D eigenvalue weighted by Crippen LogP contribution is -2.12. The van der Waals surface area contributed by atoms with Crippen LogP contribution < -0.4 is 5.32 Å². The van der Waals surface area contributed by atoms with E-state index in [0.717, 1.165) is 10.1 Å².